The summed E-state index contributed by atoms with van der Waals surface area (Å²) in [6, 6.07) is 15.8. The van der Waals surface area contributed by atoms with E-state index < -0.39 is 0 Å². The van der Waals surface area contributed by atoms with Gasteiger partial charge in [-0.25, -0.2) is 0 Å². The molecular formula is C20H25N3O3. The molecule has 1 aliphatic rings. The van der Waals surface area contributed by atoms with Crippen molar-refractivity contribution < 1.29 is 14.2 Å². The lowest BCUT2D eigenvalue weighted by atomic mass is 10.2. The van der Waals surface area contributed by atoms with Crippen LogP contribution in [0.25, 0.3) is 0 Å². The zero-order valence-corrected chi connectivity index (χ0v) is 15.4. The van der Waals surface area contributed by atoms with Crippen LogP contribution in [-0.2, 0) is 6.54 Å². The molecule has 0 amide bonds. The molecule has 6 nitrogen and oxygen atoms in total. The van der Waals surface area contributed by atoms with Gasteiger partial charge in [0.25, 0.3) is 0 Å². The SMILES string of the molecule is CN=C(NCC1COc2ccccc2O1)N(C)Cc1ccc(OC)cc1. The fraction of sp³-hybridized carbons (Fsp3) is 0.350. The highest BCUT2D eigenvalue weighted by atomic mass is 16.6. The van der Waals surface area contributed by atoms with Crippen molar-refractivity contribution in [3.05, 3.63) is 54.1 Å². The molecule has 0 aliphatic carbocycles. The van der Waals surface area contributed by atoms with Crippen LogP contribution < -0.4 is 19.5 Å². The van der Waals surface area contributed by atoms with Gasteiger partial charge in [-0.05, 0) is 29.8 Å². The maximum Gasteiger partial charge on any atom is 0.193 e. The van der Waals surface area contributed by atoms with Gasteiger partial charge in [0.1, 0.15) is 18.5 Å². The summed E-state index contributed by atoms with van der Waals surface area (Å²) in [7, 11) is 5.45. The van der Waals surface area contributed by atoms with Crippen LogP contribution in [0.4, 0.5) is 0 Å². The third-order valence-corrected chi connectivity index (χ3v) is 4.21. The van der Waals surface area contributed by atoms with E-state index in [4.69, 9.17) is 14.2 Å². The lowest BCUT2D eigenvalue weighted by molar-refractivity contribution is 0.0932. The van der Waals surface area contributed by atoms with Crippen LogP contribution in [0.2, 0.25) is 0 Å². The summed E-state index contributed by atoms with van der Waals surface area (Å²) in [6.45, 7) is 1.88. The van der Waals surface area contributed by atoms with E-state index in [-0.39, 0.29) is 6.10 Å². The van der Waals surface area contributed by atoms with Crippen molar-refractivity contribution in [2.45, 2.75) is 12.6 Å². The number of para-hydroxylation sites is 2. The molecule has 138 valence electrons. The third-order valence-electron chi connectivity index (χ3n) is 4.21. The van der Waals surface area contributed by atoms with Gasteiger partial charge in [0.05, 0.1) is 13.7 Å². The maximum atomic E-state index is 5.98. The summed E-state index contributed by atoms with van der Waals surface area (Å²) >= 11 is 0. The highest BCUT2D eigenvalue weighted by Crippen LogP contribution is 2.30. The highest BCUT2D eigenvalue weighted by molar-refractivity contribution is 5.79. The predicted molar refractivity (Wildman–Crippen MR) is 102 cm³/mol. The first-order chi connectivity index (χ1) is 12.7. The van der Waals surface area contributed by atoms with Gasteiger partial charge in [-0.3, -0.25) is 4.99 Å². The molecule has 1 atom stereocenters. The Labute approximate surface area is 154 Å². The molecule has 1 N–H and O–H groups in total. The summed E-state index contributed by atoms with van der Waals surface area (Å²) < 4.78 is 16.9. The normalized spacial score (nSPS) is 16.1. The Morgan fingerprint density at radius 2 is 1.92 bits per heavy atom. The Morgan fingerprint density at radius 1 is 1.19 bits per heavy atom. The molecule has 26 heavy (non-hydrogen) atoms. The molecule has 0 bridgehead atoms. The molecule has 0 spiro atoms. The molecule has 0 saturated carbocycles. The number of nitrogens with one attached hydrogen (secondary N) is 1. The van der Waals surface area contributed by atoms with E-state index in [1.165, 1.54) is 5.56 Å². The molecule has 0 aromatic heterocycles. The van der Waals surface area contributed by atoms with Gasteiger partial charge in [-0.15, -0.1) is 0 Å². The first kappa shape index (κ1) is 17.9. The average Bonchev–Trinajstić information content (AvgIpc) is 2.69. The van der Waals surface area contributed by atoms with Crippen molar-refractivity contribution in [2.75, 3.05) is 34.4 Å². The highest BCUT2D eigenvalue weighted by Gasteiger charge is 2.21. The van der Waals surface area contributed by atoms with E-state index in [9.17, 15) is 0 Å². The van der Waals surface area contributed by atoms with Crippen molar-refractivity contribution in [1.29, 1.82) is 0 Å². The number of benzene rings is 2. The number of fused-ring (bicyclic) bond motifs is 1. The number of hydrogen-bond donors (Lipinski definition) is 1. The Balaban J connectivity index is 1.52. The number of nitrogens with zero attached hydrogens (tertiary/aromatic N) is 2. The van der Waals surface area contributed by atoms with E-state index in [1.54, 1.807) is 14.2 Å². The van der Waals surface area contributed by atoms with Gasteiger partial charge >= 0.3 is 0 Å². The lowest BCUT2D eigenvalue weighted by Gasteiger charge is -2.28. The first-order valence-corrected chi connectivity index (χ1v) is 8.63. The van der Waals surface area contributed by atoms with Crippen LogP contribution in [0.5, 0.6) is 17.2 Å². The zero-order valence-electron chi connectivity index (χ0n) is 15.4. The monoisotopic (exact) mass is 355 g/mol. The lowest BCUT2D eigenvalue weighted by Crippen LogP contribution is -2.45. The van der Waals surface area contributed by atoms with Gasteiger partial charge < -0.3 is 24.4 Å². The van der Waals surface area contributed by atoms with E-state index in [2.05, 4.69) is 27.3 Å². The summed E-state index contributed by atoms with van der Waals surface area (Å²) in [5.74, 6) is 3.24. The fourth-order valence-corrected chi connectivity index (χ4v) is 2.83. The van der Waals surface area contributed by atoms with Gasteiger partial charge in [0.2, 0.25) is 0 Å². The van der Waals surface area contributed by atoms with Gasteiger partial charge in [0, 0.05) is 20.6 Å². The fourth-order valence-electron chi connectivity index (χ4n) is 2.83. The second-order valence-corrected chi connectivity index (χ2v) is 6.13. The van der Waals surface area contributed by atoms with Crippen LogP contribution in [0.1, 0.15) is 5.56 Å². The number of aliphatic imine (C=N–C) groups is 1. The zero-order chi connectivity index (χ0) is 18.4. The summed E-state index contributed by atoms with van der Waals surface area (Å²) in [5.41, 5.74) is 1.18. The van der Waals surface area contributed by atoms with Crippen molar-refractivity contribution in [3.63, 3.8) is 0 Å². The Bertz CT molecular complexity index is 746. The largest absolute Gasteiger partial charge is 0.497 e. The van der Waals surface area contributed by atoms with Crippen LogP contribution in [-0.4, -0.2) is 51.3 Å². The van der Waals surface area contributed by atoms with Crippen molar-refractivity contribution in [3.8, 4) is 17.2 Å². The Morgan fingerprint density at radius 3 is 2.62 bits per heavy atom. The predicted octanol–water partition coefficient (Wildman–Crippen LogP) is 2.54. The minimum absolute atomic E-state index is 0.0592. The second-order valence-electron chi connectivity index (χ2n) is 6.13. The molecule has 1 heterocycles. The topological polar surface area (TPSA) is 55.3 Å². The van der Waals surface area contributed by atoms with E-state index in [0.29, 0.717) is 13.2 Å². The van der Waals surface area contributed by atoms with Gasteiger partial charge in [-0.1, -0.05) is 24.3 Å². The maximum absolute atomic E-state index is 5.98. The number of guanidine groups is 1. The first-order valence-electron chi connectivity index (χ1n) is 8.63. The van der Waals surface area contributed by atoms with Gasteiger partial charge in [-0.2, -0.15) is 0 Å². The second kappa shape index (κ2) is 8.47. The molecule has 0 saturated heterocycles. The van der Waals surface area contributed by atoms with Crippen molar-refractivity contribution in [1.82, 2.24) is 10.2 Å². The smallest absolute Gasteiger partial charge is 0.193 e. The number of rotatable bonds is 5. The van der Waals surface area contributed by atoms with E-state index in [1.807, 2.05) is 43.4 Å². The van der Waals surface area contributed by atoms with Crippen LogP contribution in [0.15, 0.2) is 53.5 Å². The number of ether oxygens (including phenoxy) is 3. The average molecular weight is 355 g/mol. The quantitative estimate of drug-likeness (QED) is 0.660. The van der Waals surface area contributed by atoms with Gasteiger partial charge in [0.15, 0.2) is 17.5 Å². The van der Waals surface area contributed by atoms with E-state index in [0.717, 1.165) is 29.8 Å². The van der Waals surface area contributed by atoms with Crippen molar-refractivity contribution in [2.24, 2.45) is 4.99 Å². The summed E-state index contributed by atoms with van der Waals surface area (Å²) in [5, 5.41) is 3.36. The number of hydrogen-bond acceptors (Lipinski definition) is 4. The Hall–Kier alpha value is -2.89. The minimum Gasteiger partial charge on any atom is -0.497 e. The Kier molecular flexibility index (Phi) is 5.84. The van der Waals surface area contributed by atoms with Crippen LogP contribution >= 0.6 is 0 Å². The minimum atomic E-state index is -0.0592. The summed E-state index contributed by atoms with van der Waals surface area (Å²) in [4.78, 5) is 6.43. The standard InChI is InChI=1S/C20H25N3O3/c1-21-20(23(2)13-15-8-10-16(24-3)11-9-15)22-12-17-14-25-18-6-4-5-7-19(18)26-17/h4-11,17H,12-14H2,1-3H3,(H,21,22). The molecule has 1 aliphatic heterocycles. The third kappa shape index (κ3) is 4.39. The molecule has 1 unspecified atom stereocenters. The van der Waals surface area contributed by atoms with Crippen LogP contribution in [0.3, 0.4) is 0 Å². The molecule has 2 aromatic rings. The van der Waals surface area contributed by atoms with E-state index >= 15 is 0 Å². The summed E-state index contributed by atoms with van der Waals surface area (Å²) in [6.07, 6.45) is -0.0592. The molecule has 0 radical (unpaired) electrons. The molecule has 2 aromatic carbocycles. The molecule has 6 heteroatoms. The molecule has 3 rings (SSSR count). The molecule has 0 fully saturated rings. The van der Waals surface area contributed by atoms with Crippen LogP contribution in [0, 0.1) is 0 Å². The number of methoxy groups -OCH3 is 1. The van der Waals surface area contributed by atoms with Crippen molar-refractivity contribution >= 4 is 5.96 Å². The molecular weight excluding hydrogens is 330 g/mol.